The molecule has 0 spiro atoms. The number of hydrogen-bond donors (Lipinski definition) is 2. The van der Waals surface area contributed by atoms with Crippen molar-refractivity contribution in [2.75, 3.05) is 0 Å². The van der Waals surface area contributed by atoms with E-state index in [1.807, 2.05) is 0 Å². The Bertz CT molecular complexity index is 194. The summed E-state index contributed by atoms with van der Waals surface area (Å²) in [6.45, 7) is 0. The van der Waals surface area contributed by atoms with Crippen molar-refractivity contribution in [2.45, 2.75) is 25.7 Å². The van der Waals surface area contributed by atoms with Gasteiger partial charge in [-0.15, -0.1) is 0 Å². The van der Waals surface area contributed by atoms with Crippen LogP contribution in [-0.2, 0) is 19.4 Å². The Hall–Kier alpha value is -1.14. The molecule has 0 saturated heterocycles. The molecule has 1 saturated carbocycles. The molecule has 1 rings (SSSR count). The van der Waals surface area contributed by atoms with Crippen molar-refractivity contribution in [1.82, 2.24) is 0 Å². The standard InChI is InChI=1S/C8H12O6/c9-7(13-11)5-1-2-6(4-3-5)8(10)14-12/h5-6,11-12H,1-4H2. The van der Waals surface area contributed by atoms with Gasteiger partial charge in [0.2, 0.25) is 0 Å². The molecule has 1 fully saturated rings. The minimum Gasteiger partial charge on any atom is -0.301 e. The van der Waals surface area contributed by atoms with Crippen LogP contribution in [0.3, 0.4) is 0 Å². The molecular weight excluding hydrogens is 192 g/mol. The van der Waals surface area contributed by atoms with Crippen molar-refractivity contribution in [3.63, 3.8) is 0 Å². The predicted molar refractivity (Wildman–Crippen MR) is 42.9 cm³/mol. The molecule has 0 aliphatic heterocycles. The molecule has 0 unspecified atom stereocenters. The molecule has 6 nitrogen and oxygen atoms in total. The van der Waals surface area contributed by atoms with E-state index in [0.717, 1.165) is 0 Å². The molecule has 0 bridgehead atoms. The summed E-state index contributed by atoms with van der Waals surface area (Å²) in [4.78, 5) is 29.0. The lowest BCUT2D eigenvalue weighted by Crippen LogP contribution is -2.27. The highest BCUT2D eigenvalue weighted by Gasteiger charge is 2.31. The monoisotopic (exact) mass is 204 g/mol. The second-order valence-electron chi connectivity index (χ2n) is 3.37. The summed E-state index contributed by atoms with van der Waals surface area (Å²) in [5, 5.41) is 16.3. The molecule has 1 aliphatic rings. The summed E-state index contributed by atoms with van der Waals surface area (Å²) < 4.78 is 0. The van der Waals surface area contributed by atoms with Crippen LogP contribution in [0, 0.1) is 11.8 Å². The topological polar surface area (TPSA) is 93.1 Å². The molecule has 0 amide bonds. The van der Waals surface area contributed by atoms with E-state index in [2.05, 4.69) is 9.78 Å². The van der Waals surface area contributed by atoms with E-state index < -0.39 is 11.9 Å². The van der Waals surface area contributed by atoms with Crippen LogP contribution in [0.1, 0.15) is 25.7 Å². The summed E-state index contributed by atoms with van der Waals surface area (Å²) in [5.74, 6) is -2.05. The maximum atomic E-state index is 10.9. The van der Waals surface area contributed by atoms with E-state index in [0.29, 0.717) is 25.7 Å². The van der Waals surface area contributed by atoms with Crippen LogP contribution in [0.2, 0.25) is 0 Å². The van der Waals surface area contributed by atoms with Crippen LogP contribution in [0.5, 0.6) is 0 Å². The molecule has 0 aromatic carbocycles. The Kier molecular flexibility index (Phi) is 3.84. The van der Waals surface area contributed by atoms with Crippen molar-refractivity contribution < 1.29 is 29.9 Å². The highest BCUT2D eigenvalue weighted by Crippen LogP contribution is 2.29. The Morgan fingerprint density at radius 1 is 0.857 bits per heavy atom. The predicted octanol–water partition coefficient (Wildman–Crippen LogP) is 0.825. The number of carbonyl (C=O) groups is 2. The van der Waals surface area contributed by atoms with Crippen LogP contribution in [0.4, 0.5) is 0 Å². The van der Waals surface area contributed by atoms with Crippen LogP contribution >= 0.6 is 0 Å². The van der Waals surface area contributed by atoms with Crippen LogP contribution in [0.25, 0.3) is 0 Å². The lowest BCUT2D eigenvalue weighted by molar-refractivity contribution is -0.244. The normalized spacial score (nSPS) is 26.7. The summed E-state index contributed by atoms with van der Waals surface area (Å²) in [6, 6.07) is 0. The largest absolute Gasteiger partial charge is 0.345 e. The van der Waals surface area contributed by atoms with Gasteiger partial charge in [0.1, 0.15) is 0 Å². The molecule has 0 aromatic heterocycles. The van der Waals surface area contributed by atoms with Gasteiger partial charge in [0.15, 0.2) is 0 Å². The fourth-order valence-electron chi connectivity index (χ4n) is 1.71. The average Bonchev–Trinajstić information content (AvgIpc) is 2.27. The van der Waals surface area contributed by atoms with Crippen LogP contribution in [-0.4, -0.2) is 22.5 Å². The first-order chi connectivity index (χ1) is 6.69. The SMILES string of the molecule is O=C(OO)C1CCC(C(=O)OO)CC1. The van der Waals surface area contributed by atoms with Gasteiger partial charge in [0.25, 0.3) is 0 Å². The van der Waals surface area contributed by atoms with E-state index in [4.69, 9.17) is 10.5 Å². The highest BCUT2D eigenvalue weighted by atomic mass is 17.1. The molecule has 0 heterocycles. The van der Waals surface area contributed by atoms with Gasteiger partial charge < -0.3 is 9.78 Å². The molecule has 6 heteroatoms. The van der Waals surface area contributed by atoms with Gasteiger partial charge in [-0.25, -0.2) is 9.59 Å². The van der Waals surface area contributed by atoms with Gasteiger partial charge in [0.05, 0.1) is 11.8 Å². The quantitative estimate of drug-likeness (QED) is 0.511. The Balaban J connectivity index is 2.38. The third-order valence-corrected chi connectivity index (χ3v) is 2.57. The van der Waals surface area contributed by atoms with Crippen molar-refractivity contribution >= 4 is 11.9 Å². The van der Waals surface area contributed by atoms with E-state index >= 15 is 0 Å². The summed E-state index contributed by atoms with van der Waals surface area (Å²) >= 11 is 0. The van der Waals surface area contributed by atoms with Gasteiger partial charge in [-0.3, -0.25) is 0 Å². The Morgan fingerprint density at radius 3 is 1.36 bits per heavy atom. The van der Waals surface area contributed by atoms with Crippen molar-refractivity contribution in [1.29, 1.82) is 0 Å². The second kappa shape index (κ2) is 4.92. The van der Waals surface area contributed by atoms with E-state index in [9.17, 15) is 9.59 Å². The molecule has 0 radical (unpaired) electrons. The molecule has 0 aromatic rings. The van der Waals surface area contributed by atoms with E-state index in [1.54, 1.807) is 0 Å². The maximum Gasteiger partial charge on any atom is 0.345 e. The van der Waals surface area contributed by atoms with E-state index in [1.165, 1.54) is 0 Å². The molecule has 2 N–H and O–H groups in total. The number of hydrogen-bond acceptors (Lipinski definition) is 6. The van der Waals surface area contributed by atoms with Crippen LogP contribution in [0.15, 0.2) is 0 Å². The van der Waals surface area contributed by atoms with E-state index in [-0.39, 0.29) is 11.8 Å². The molecule has 80 valence electrons. The zero-order valence-corrected chi connectivity index (χ0v) is 7.51. The second-order valence-corrected chi connectivity index (χ2v) is 3.37. The van der Waals surface area contributed by atoms with Gasteiger partial charge >= 0.3 is 11.9 Å². The van der Waals surface area contributed by atoms with Gasteiger partial charge in [0, 0.05) is 0 Å². The lowest BCUT2D eigenvalue weighted by atomic mass is 9.82. The summed E-state index contributed by atoms with van der Waals surface area (Å²) in [5.41, 5.74) is 0. The number of carbonyl (C=O) groups excluding carboxylic acids is 2. The summed E-state index contributed by atoms with van der Waals surface area (Å²) in [7, 11) is 0. The fraction of sp³-hybridized carbons (Fsp3) is 0.750. The minimum atomic E-state index is -0.666. The first-order valence-corrected chi connectivity index (χ1v) is 4.39. The van der Waals surface area contributed by atoms with Crippen molar-refractivity contribution in [3.05, 3.63) is 0 Å². The maximum absolute atomic E-state index is 10.9. The first kappa shape index (κ1) is 10.9. The van der Waals surface area contributed by atoms with Gasteiger partial charge in [-0.1, -0.05) is 0 Å². The van der Waals surface area contributed by atoms with Crippen molar-refractivity contribution in [2.24, 2.45) is 11.8 Å². The highest BCUT2D eigenvalue weighted by molar-refractivity contribution is 5.74. The lowest BCUT2D eigenvalue weighted by Gasteiger charge is -2.23. The molecular formula is C8H12O6. The molecule has 0 atom stereocenters. The zero-order chi connectivity index (χ0) is 10.6. The van der Waals surface area contributed by atoms with Gasteiger partial charge in [-0.2, -0.15) is 10.5 Å². The summed E-state index contributed by atoms with van der Waals surface area (Å²) in [6.07, 6.45) is 1.83. The average molecular weight is 204 g/mol. The smallest absolute Gasteiger partial charge is 0.301 e. The minimum absolute atomic E-state index is 0.359. The third-order valence-electron chi connectivity index (χ3n) is 2.57. The molecule has 14 heavy (non-hydrogen) atoms. The third kappa shape index (κ3) is 2.43. The van der Waals surface area contributed by atoms with Crippen molar-refractivity contribution in [3.8, 4) is 0 Å². The fourth-order valence-corrected chi connectivity index (χ4v) is 1.71. The first-order valence-electron chi connectivity index (χ1n) is 4.39. The molecule has 1 aliphatic carbocycles. The zero-order valence-electron chi connectivity index (χ0n) is 7.51. The Labute approximate surface area is 80.3 Å². The Morgan fingerprint density at radius 2 is 1.14 bits per heavy atom. The van der Waals surface area contributed by atoms with Gasteiger partial charge in [-0.05, 0) is 25.7 Å². The number of rotatable bonds is 2. The van der Waals surface area contributed by atoms with Crippen LogP contribution < -0.4 is 0 Å².